The summed E-state index contributed by atoms with van der Waals surface area (Å²) in [6.45, 7) is 0.0632. The average molecular weight is 480 g/mol. The molecule has 0 saturated heterocycles. The zero-order chi connectivity index (χ0) is 25.7. The first-order valence-electron chi connectivity index (χ1n) is 10.8. The van der Waals surface area contributed by atoms with Crippen LogP contribution in [0.15, 0.2) is 30.3 Å². The predicted octanol–water partition coefficient (Wildman–Crippen LogP) is -1.33. The fraction of sp³-hybridized carbons (Fsp3) is 0.500. The van der Waals surface area contributed by atoms with Gasteiger partial charge in [0.1, 0.15) is 12.1 Å². The summed E-state index contributed by atoms with van der Waals surface area (Å²) in [5, 5.41) is 22.8. The lowest BCUT2D eigenvalue weighted by Gasteiger charge is -2.29. The first kappa shape index (κ1) is 28.5. The van der Waals surface area contributed by atoms with Crippen LogP contribution in [0.4, 0.5) is 0 Å². The van der Waals surface area contributed by atoms with Crippen LogP contribution in [0.2, 0.25) is 0 Å². The second kappa shape index (κ2) is 14.6. The molecule has 0 fully saturated rings. The van der Waals surface area contributed by atoms with E-state index in [0.29, 0.717) is 24.9 Å². The summed E-state index contributed by atoms with van der Waals surface area (Å²) in [6, 6.07) is 5.08. The molecule has 34 heavy (non-hydrogen) atoms. The van der Waals surface area contributed by atoms with Crippen molar-refractivity contribution in [3.8, 4) is 0 Å². The highest BCUT2D eigenvalue weighted by Crippen LogP contribution is 2.10. The van der Waals surface area contributed by atoms with Crippen molar-refractivity contribution >= 4 is 29.7 Å². The van der Waals surface area contributed by atoms with E-state index in [0.717, 1.165) is 11.3 Å². The minimum Gasteiger partial charge on any atom is -0.481 e. The standard InChI is InChI=1S/C22H33N5O7/c1-27(18(28)13-25-20(31)15(24)9-5-6-10-23)17(11-14-7-3-2-4-8-14)21(32)26-16(22(33)34)12-19(29)30/h2-4,7-8,15-17H,5-6,9-13,23-24H2,1H3,(H,25,31)(H,26,32)(H,29,30)(H,33,34)/t15-,16+,17+/m1/s1. The minimum atomic E-state index is -1.67. The van der Waals surface area contributed by atoms with Crippen molar-refractivity contribution in [1.82, 2.24) is 15.5 Å². The molecule has 0 spiro atoms. The van der Waals surface area contributed by atoms with Crippen molar-refractivity contribution in [3.05, 3.63) is 35.9 Å². The van der Waals surface area contributed by atoms with E-state index in [-0.39, 0.29) is 6.42 Å². The lowest BCUT2D eigenvalue weighted by molar-refractivity contribution is -0.148. The average Bonchev–Trinajstić information content (AvgIpc) is 2.80. The normalized spacial score (nSPS) is 13.3. The van der Waals surface area contributed by atoms with Gasteiger partial charge in [0, 0.05) is 13.5 Å². The SMILES string of the molecule is CN(C(=O)CNC(=O)[C@H](N)CCCCN)[C@@H](Cc1ccccc1)C(=O)N[C@@H](CC(=O)O)C(=O)O. The van der Waals surface area contributed by atoms with Crippen LogP contribution in [0.25, 0.3) is 0 Å². The predicted molar refractivity (Wildman–Crippen MR) is 122 cm³/mol. The van der Waals surface area contributed by atoms with E-state index >= 15 is 0 Å². The van der Waals surface area contributed by atoms with Crippen LogP contribution in [-0.2, 0) is 30.4 Å². The van der Waals surface area contributed by atoms with E-state index in [1.54, 1.807) is 30.3 Å². The maximum atomic E-state index is 12.9. The first-order valence-corrected chi connectivity index (χ1v) is 10.8. The Labute approximate surface area is 197 Å². The first-order chi connectivity index (χ1) is 16.1. The summed E-state index contributed by atoms with van der Waals surface area (Å²) in [6.07, 6.45) is 1.01. The lowest BCUT2D eigenvalue weighted by atomic mass is 10.0. The third-order valence-corrected chi connectivity index (χ3v) is 5.15. The minimum absolute atomic E-state index is 0.0425. The molecular formula is C22H33N5O7. The molecule has 0 aromatic heterocycles. The zero-order valence-electron chi connectivity index (χ0n) is 19.1. The molecule has 0 aliphatic rings. The number of carboxylic acid groups (broad SMARTS) is 2. The number of hydrogen-bond acceptors (Lipinski definition) is 7. The highest BCUT2D eigenvalue weighted by atomic mass is 16.4. The molecule has 8 N–H and O–H groups in total. The molecule has 0 aliphatic carbocycles. The van der Waals surface area contributed by atoms with Gasteiger partial charge in [0.05, 0.1) is 19.0 Å². The molecule has 3 amide bonds. The van der Waals surface area contributed by atoms with Crippen LogP contribution in [-0.4, -0.2) is 83.0 Å². The quantitative estimate of drug-likeness (QED) is 0.165. The maximum Gasteiger partial charge on any atom is 0.326 e. The van der Waals surface area contributed by atoms with Crippen LogP contribution in [0, 0.1) is 0 Å². The van der Waals surface area contributed by atoms with Crippen LogP contribution < -0.4 is 22.1 Å². The van der Waals surface area contributed by atoms with Crippen molar-refractivity contribution in [3.63, 3.8) is 0 Å². The molecule has 1 aromatic rings. The van der Waals surface area contributed by atoms with Gasteiger partial charge in [-0.2, -0.15) is 0 Å². The third-order valence-electron chi connectivity index (χ3n) is 5.15. The molecule has 0 bridgehead atoms. The number of likely N-dealkylation sites (N-methyl/N-ethyl adjacent to an activating group) is 1. The number of nitrogens with zero attached hydrogens (tertiary/aromatic N) is 1. The number of aliphatic carboxylic acids is 2. The number of benzene rings is 1. The van der Waals surface area contributed by atoms with Crippen LogP contribution in [0.3, 0.4) is 0 Å². The van der Waals surface area contributed by atoms with Gasteiger partial charge in [0.15, 0.2) is 0 Å². The smallest absolute Gasteiger partial charge is 0.326 e. The molecule has 0 radical (unpaired) electrons. The van der Waals surface area contributed by atoms with Gasteiger partial charge >= 0.3 is 11.9 Å². The van der Waals surface area contributed by atoms with E-state index in [4.69, 9.17) is 16.6 Å². The lowest BCUT2D eigenvalue weighted by Crippen LogP contribution is -2.55. The van der Waals surface area contributed by atoms with E-state index in [2.05, 4.69) is 10.6 Å². The Morgan fingerprint density at radius 2 is 1.68 bits per heavy atom. The summed E-state index contributed by atoms with van der Waals surface area (Å²) >= 11 is 0. The molecule has 3 atom stereocenters. The van der Waals surface area contributed by atoms with Gasteiger partial charge in [-0.05, 0) is 24.9 Å². The number of carbonyl (C=O) groups is 5. The highest BCUT2D eigenvalue weighted by molar-refractivity contribution is 5.93. The van der Waals surface area contributed by atoms with E-state index < -0.39 is 60.8 Å². The summed E-state index contributed by atoms with van der Waals surface area (Å²) in [5.41, 5.74) is 11.9. The Morgan fingerprint density at radius 3 is 2.24 bits per heavy atom. The van der Waals surface area contributed by atoms with Gasteiger partial charge < -0.3 is 37.2 Å². The number of carboxylic acids is 2. The van der Waals surface area contributed by atoms with Gasteiger partial charge in [-0.15, -0.1) is 0 Å². The molecule has 1 rings (SSSR count). The van der Waals surface area contributed by atoms with Gasteiger partial charge in [-0.25, -0.2) is 4.79 Å². The number of amides is 3. The van der Waals surface area contributed by atoms with Crippen molar-refractivity contribution in [2.45, 2.75) is 50.2 Å². The molecule has 0 saturated carbocycles. The van der Waals surface area contributed by atoms with Crippen molar-refractivity contribution in [1.29, 1.82) is 0 Å². The highest BCUT2D eigenvalue weighted by Gasteiger charge is 2.31. The number of rotatable bonds is 15. The summed E-state index contributed by atoms with van der Waals surface area (Å²) in [5.74, 6) is -4.88. The van der Waals surface area contributed by atoms with Crippen molar-refractivity contribution in [2.75, 3.05) is 20.1 Å². The molecule has 12 nitrogen and oxygen atoms in total. The summed E-state index contributed by atoms with van der Waals surface area (Å²) in [7, 11) is 1.34. The number of unbranched alkanes of at least 4 members (excludes halogenated alkanes) is 1. The molecule has 0 unspecified atom stereocenters. The summed E-state index contributed by atoms with van der Waals surface area (Å²) in [4.78, 5) is 61.2. The van der Waals surface area contributed by atoms with Crippen LogP contribution in [0.1, 0.15) is 31.2 Å². The topological polar surface area (TPSA) is 205 Å². The van der Waals surface area contributed by atoms with Crippen LogP contribution >= 0.6 is 0 Å². The van der Waals surface area contributed by atoms with E-state index in [1.807, 2.05) is 0 Å². The van der Waals surface area contributed by atoms with Crippen molar-refractivity contribution in [2.24, 2.45) is 11.5 Å². The summed E-state index contributed by atoms with van der Waals surface area (Å²) < 4.78 is 0. The third kappa shape index (κ3) is 9.96. The van der Waals surface area contributed by atoms with Gasteiger partial charge in [-0.3, -0.25) is 19.2 Å². The number of hydrogen-bond donors (Lipinski definition) is 6. The Kier molecular flexibility index (Phi) is 12.2. The molecule has 0 heterocycles. The number of nitrogens with one attached hydrogen (secondary N) is 2. The van der Waals surface area contributed by atoms with Gasteiger partial charge in [-0.1, -0.05) is 36.8 Å². The molecule has 188 valence electrons. The Balaban J connectivity index is 2.90. The Bertz CT molecular complexity index is 849. The van der Waals surface area contributed by atoms with E-state index in [9.17, 15) is 29.1 Å². The molecule has 0 aliphatic heterocycles. The Morgan fingerprint density at radius 1 is 1.03 bits per heavy atom. The van der Waals surface area contributed by atoms with E-state index in [1.165, 1.54) is 7.05 Å². The molecular weight excluding hydrogens is 446 g/mol. The van der Waals surface area contributed by atoms with Crippen molar-refractivity contribution < 1.29 is 34.2 Å². The molecule has 12 heteroatoms. The fourth-order valence-corrected chi connectivity index (χ4v) is 3.12. The maximum absolute atomic E-state index is 12.9. The number of nitrogens with two attached hydrogens (primary N) is 2. The second-order valence-electron chi connectivity index (χ2n) is 7.82. The second-order valence-corrected chi connectivity index (χ2v) is 7.82. The Hall–Kier alpha value is -3.51. The monoisotopic (exact) mass is 479 g/mol. The van der Waals surface area contributed by atoms with Crippen LogP contribution in [0.5, 0.6) is 0 Å². The largest absolute Gasteiger partial charge is 0.481 e. The van der Waals surface area contributed by atoms with Gasteiger partial charge in [0.2, 0.25) is 17.7 Å². The molecule has 1 aromatic carbocycles. The van der Waals surface area contributed by atoms with Gasteiger partial charge in [0.25, 0.3) is 0 Å². The zero-order valence-corrected chi connectivity index (χ0v) is 19.1. The number of carbonyl (C=O) groups excluding carboxylic acids is 3. The fourth-order valence-electron chi connectivity index (χ4n) is 3.12.